The first-order valence-corrected chi connectivity index (χ1v) is 10.8. The monoisotopic (exact) mass is 512 g/mol. The SMILES string of the molecule is CC(NC(=O)C1(NC(N)=O)CC1)C(NC(=O)c1ccsc1I)c1ccccc1. The summed E-state index contributed by atoms with van der Waals surface area (Å²) < 4.78 is 0.904. The van der Waals surface area contributed by atoms with E-state index in [1.54, 1.807) is 6.07 Å². The average molecular weight is 512 g/mol. The minimum absolute atomic E-state index is 0.197. The van der Waals surface area contributed by atoms with Crippen molar-refractivity contribution in [3.63, 3.8) is 0 Å². The van der Waals surface area contributed by atoms with E-state index in [2.05, 4.69) is 38.5 Å². The lowest BCUT2D eigenvalue weighted by molar-refractivity contribution is -0.124. The third-order valence-electron chi connectivity index (χ3n) is 4.71. The Hall–Kier alpha value is -2.14. The van der Waals surface area contributed by atoms with Gasteiger partial charge < -0.3 is 21.7 Å². The molecule has 1 aliphatic carbocycles. The van der Waals surface area contributed by atoms with E-state index < -0.39 is 23.7 Å². The highest BCUT2D eigenvalue weighted by Gasteiger charge is 2.51. The van der Waals surface area contributed by atoms with Crippen molar-refractivity contribution in [2.24, 2.45) is 5.73 Å². The number of hydrogen-bond donors (Lipinski definition) is 4. The standard InChI is InChI=1S/C19H21IN4O3S/c1-11(22-17(26)19(8-9-19)24-18(21)27)14(12-5-3-2-4-6-12)23-16(25)13-7-10-28-15(13)20/h2-7,10-11,14H,8-9H2,1H3,(H,22,26)(H,23,25)(H3,21,24,27). The van der Waals surface area contributed by atoms with E-state index in [4.69, 9.17) is 5.73 Å². The van der Waals surface area contributed by atoms with Crippen LogP contribution in [0.1, 0.15) is 41.7 Å². The van der Waals surface area contributed by atoms with Gasteiger partial charge in [0.2, 0.25) is 5.91 Å². The summed E-state index contributed by atoms with van der Waals surface area (Å²) in [5.41, 5.74) is 5.74. The predicted octanol–water partition coefficient (Wildman–Crippen LogP) is 2.53. The van der Waals surface area contributed by atoms with Crippen LogP contribution in [-0.4, -0.2) is 29.4 Å². The minimum atomic E-state index is -0.936. The number of rotatable bonds is 7. The number of nitrogens with one attached hydrogen (secondary N) is 3. The van der Waals surface area contributed by atoms with E-state index in [1.165, 1.54) is 11.3 Å². The Bertz CT molecular complexity index is 882. The smallest absolute Gasteiger partial charge is 0.313 e. The summed E-state index contributed by atoms with van der Waals surface area (Å²) in [5, 5.41) is 10.4. The number of urea groups is 1. The lowest BCUT2D eigenvalue weighted by atomic mass is 9.99. The zero-order chi connectivity index (χ0) is 20.3. The summed E-state index contributed by atoms with van der Waals surface area (Å²) in [5.74, 6) is -0.490. The minimum Gasteiger partial charge on any atom is -0.352 e. The molecule has 1 aliphatic rings. The van der Waals surface area contributed by atoms with Gasteiger partial charge in [0.15, 0.2) is 0 Å². The Morgan fingerprint density at radius 1 is 1.14 bits per heavy atom. The van der Waals surface area contributed by atoms with Gasteiger partial charge in [0.05, 0.1) is 20.5 Å². The van der Waals surface area contributed by atoms with Crippen molar-refractivity contribution in [1.82, 2.24) is 16.0 Å². The van der Waals surface area contributed by atoms with Crippen molar-refractivity contribution in [3.8, 4) is 0 Å². The Kier molecular flexibility index (Phi) is 6.23. The molecule has 0 spiro atoms. The molecule has 1 saturated carbocycles. The van der Waals surface area contributed by atoms with E-state index in [0.29, 0.717) is 18.4 Å². The van der Waals surface area contributed by atoms with Crippen LogP contribution in [0.25, 0.3) is 0 Å². The van der Waals surface area contributed by atoms with Gasteiger partial charge >= 0.3 is 6.03 Å². The Labute approximate surface area is 180 Å². The molecule has 2 atom stereocenters. The third kappa shape index (κ3) is 4.64. The maximum Gasteiger partial charge on any atom is 0.313 e. The van der Waals surface area contributed by atoms with Gasteiger partial charge in [-0.1, -0.05) is 30.3 Å². The number of primary amides is 1. The Morgan fingerprint density at radius 2 is 1.82 bits per heavy atom. The molecule has 9 heteroatoms. The molecule has 1 aromatic carbocycles. The van der Waals surface area contributed by atoms with Crippen LogP contribution in [-0.2, 0) is 4.79 Å². The van der Waals surface area contributed by atoms with Gasteiger partial charge in [0, 0.05) is 0 Å². The molecule has 0 saturated heterocycles. The third-order valence-corrected chi connectivity index (χ3v) is 6.76. The number of carbonyl (C=O) groups excluding carboxylic acids is 3. The van der Waals surface area contributed by atoms with Gasteiger partial charge in [-0.2, -0.15) is 0 Å². The molecule has 148 valence electrons. The molecule has 0 bridgehead atoms. The fourth-order valence-electron chi connectivity index (χ4n) is 3.03. The summed E-state index contributed by atoms with van der Waals surface area (Å²) in [6, 6.07) is 9.69. The summed E-state index contributed by atoms with van der Waals surface area (Å²) in [6.07, 6.45) is 1.09. The van der Waals surface area contributed by atoms with Crippen molar-refractivity contribution in [2.75, 3.05) is 0 Å². The number of benzene rings is 1. The molecular weight excluding hydrogens is 491 g/mol. The normalized spacial score (nSPS) is 16.5. The molecule has 1 fully saturated rings. The van der Waals surface area contributed by atoms with Crippen molar-refractivity contribution >= 4 is 51.8 Å². The second-order valence-electron chi connectivity index (χ2n) is 6.80. The van der Waals surface area contributed by atoms with Crippen LogP contribution in [0.2, 0.25) is 0 Å². The van der Waals surface area contributed by atoms with Crippen LogP contribution < -0.4 is 21.7 Å². The summed E-state index contributed by atoms with van der Waals surface area (Å²) in [4.78, 5) is 36.6. The lowest BCUT2D eigenvalue weighted by Crippen LogP contribution is -2.54. The fraction of sp³-hybridized carbons (Fsp3) is 0.316. The maximum absolute atomic E-state index is 12.8. The maximum atomic E-state index is 12.8. The largest absolute Gasteiger partial charge is 0.352 e. The first-order chi connectivity index (χ1) is 13.3. The number of amides is 4. The number of thiophene rings is 1. The van der Waals surface area contributed by atoms with Crippen molar-refractivity contribution < 1.29 is 14.4 Å². The van der Waals surface area contributed by atoms with E-state index in [1.807, 2.05) is 42.6 Å². The van der Waals surface area contributed by atoms with Crippen LogP contribution in [0, 0.1) is 2.88 Å². The zero-order valence-electron chi connectivity index (χ0n) is 15.2. The van der Waals surface area contributed by atoms with Crippen molar-refractivity contribution in [3.05, 3.63) is 55.8 Å². The van der Waals surface area contributed by atoms with E-state index in [0.717, 1.165) is 8.45 Å². The van der Waals surface area contributed by atoms with Gasteiger partial charge in [-0.3, -0.25) is 9.59 Å². The van der Waals surface area contributed by atoms with Crippen molar-refractivity contribution in [2.45, 2.75) is 37.4 Å². The molecule has 5 N–H and O–H groups in total. The van der Waals surface area contributed by atoms with Gasteiger partial charge in [-0.15, -0.1) is 11.3 Å². The second-order valence-corrected chi connectivity index (χ2v) is 9.53. The van der Waals surface area contributed by atoms with E-state index >= 15 is 0 Å². The van der Waals surface area contributed by atoms with Gasteiger partial charge in [0.1, 0.15) is 5.54 Å². The molecular formula is C19H21IN4O3S. The first kappa shape index (κ1) is 20.6. The molecule has 3 rings (SSSR count). The Morgan fingerprint density at radius 3 is 2.36 bits per heavy atom. The predicted molar refractivity (Wildman–Crippen MR) is 116 cm³/mol. The van der Waals surface area contributed by atoms with Gasteiger partial charge in [-0.05, 0) is 59.4 Å². The van der Waals surface area contributed by atoms with Crippen LogP contribution in [0.3, 0.4) is 0 Å². The first-order valence-electron chi connectivity index (χ1n) is 8.80. The second kappa shape index (κ2) is 8.48. The fourth-order valence-corrected chi connectivity index (χ4v) is 4.51. The highest BCUT2D eigenvalue weighted by atomic mass is 127. The van der Waals surface area contributed by atoms with Crippen LogP contribution >= 0.6 is 33.9 Å². The number of carbonyl (C=O) groups is 3. The lowest BCUT2D eigenvalue weighted by Gasteiger charge is -2.28. The highest BCUT2D eigenvalue weighted by molar-refractivity contribution is 14.1. The highest BCUT2D eigenvalue weighted by Crippen LogP contribution is 2.36. The van der Waals surface area contributed by atoms with Crippen LogP contribution in [0.15, 0.2) is 41.8 Å². The molecule has 2 unspecified atom stereocenters. The van der Waals surface area contributed by atoms with E-state index in [9.17, 15) is 14.4 Å². The average Bonchev–Trinajstić information content (AvgIpc) is 3.30. The quantitative estimate of drug-likeness (QED) is 0.428. The number of hydrogen-bond acceptors (Lipinski definition) is 4. The molecule has 0 radical (unpaired) electrons. The van der Waals surface area contributed by atoms with Crippen molar-refractivity contribution in [1.29, 1.82) is 0 Å². The summed E-state index contributed by atoms with van der Waals surface area (Å²) in [7, 11) is 0. The summed E-state index contributed by atoms with van der Waals surface area (Å²) in [6.45, 7) is 1.83. The molecule has 28 heavy (non-hydrogen) atoms. The topological polar surface area (TPSA) is 113 Å². The molecule has 0 aliphatic heterocycles. The Balaban J connectivity index is 1.77. The summed E-state index contributed by atoms with van der Waals surface area (Å²) >= 11 is 3.63. The number of nitrogens with two attached hydrogens (primary N) is 1. The molecule has 1 heterocycles. The molecule has 7 nitrogen and oxygen atoms in total. The van der Waals surface area contributed by atoms with Crippen LogP contribution in [0.4, 0.5) is 4.79 Å². The van der Waals surface area contributed by atoms with E-state index in [-0.39, 0.29) is 11.8 Å². The molecule has 2 aromatic rings. The van der Waals surface area contributed by atoms with Crippen LogP contribution in [0.5, 0.6) is 0 Å². The molecule has 1 aromatic heterocycles. The molecule has 4 amide bonds. The zero-order valence-corrected chi connectivity index (χ0v) is 18.2. The number of halogens is 1. The van der Waals surface area contributed by atoms with Gasteiger partial charge in [0.25, 0.3) is 5.91 Å². The van der Waals surface area contributed by atoms with Gasteiger partial charge in [-0.25, -0.2) is 4.79 Å².